The summed E-state index contributed by atoms with van der Waals surface area (Å²) in [5, 5.41) is 0. The number of pyridine rings is 1. The summed E-state index contributed by atoms with van der Waals surface area (Å²) in [4.78, 5) is 4.13. The minimum absolute atomic E-state index is 0.205. The van der Waals surface area contributed by atoms with E-state index in [4.69, 9.17) is 4.74 Å². The number of ether oxygens (including phenoxy) is 1. The van der Waals surface area contributed by atoms with E-state index < -0.39 is 12.0 Å². The molecule has 1 aliphatic carbocycles. The first-order chi connectivity index (χ1) is 6.96. The zero-order chi connectivity index (χ0) is 11.1. The molecule has 0 radical (unpaired) electrons. The van der Waals surface area contributed by atoms with E-state index in [1.54, 1.807) is 12.1 Å². The predicted octanol–water partition coefficient (Wildman–Crippen LogP) is 3.33. The molecule has 0 aromatic carbocycles. The van der Waals surface area contributed by atoms with E-state index in [9.17, 15) is 8.78 Å². The van der Waals surface area contributed by atoms with Crippen LogP contribution in [0.25, 0.3) is 0 Å². The molecule has 0 aliphatic heterocycles. The Bertz CT molecular complexity index is 376. The summed E-state index contributed by atoms with van der Waals surface area (Å²) in [6, 6.07) is 3.47. The van der Waals surface area contributed by atoms with Crippen LogP contribution in [0.5, 0.6) is 5.88 Å². The lowest BCUT2D eigenvalue weighted by Crippen LogP contribution is -2.43. The first kappa shape index (κ1) is 10.8. The molecule has 1 aromatic rings. The molecule has 1 aliphatic rings. The fraction of sp³-hybridized carbons (Fsp3) is 0.500. The van der Waals surface area contributed by atoms with Crippen molar-refractivity contribution in [2.24, 2.45) is 0 Å². The summed E-state index contributed by atoms with van der Waals surface area (Å²) in [7, 11) is 0. The zero-order valence-corrected chi connectivity index (χ0v) is 9.72. The van der Waals surface area contributed by atoms with Gasteiger partial charge in [0.25, 0.3) is 5.92 Å². The van der Waals surface area contributed by atoms with E-state index in [-0.39, 0.29) is 12.8 Å². The van der Waals surface area contributed by atoms with Gasteiger partial charge >= 0.3 is 0 Å². The molecule has 15 heavy (non-hydrogen) atoms. The van der Waals surface area contributed by atoms with E-state index in [2.05, 4.69) is 20.9 Å². The number of hydrogen-bond donors (Lipinski definition) is 0. The lowest BCUT2D eigenvalue weighted by atomic mass is 9.91. The van der Waals surface area contributed by atoms with Crippen LogP contribution in [0.3, 0.4) is 0 Å². The second kappa shape index (κ2) is 3.70. The Hall–Kier alpha value is -0.710. The highest BCUT2D eigenvalue weighted by Gasteiger charge is 2.47. The number of rotatable bonds is 2. The first-order valence-corrected chi connectivity index (χ1v) is 5.43. The second-order valence-corrected chi connectivity index (χ2v) is 4.58. The Morgan fingerprint density at radius 1 is 1.47 bits per heavy atom. The summed E-state index contributed by atoms with van der Waals surface area (Å²) in [5.41, 5.74) is 0.790. The molecular weight excluding hydrogens is 268 g/mol. The molecule has 0 saturated heterocycles. The normalized spacial score (nSPS) is 19.7. The summed E-state index contributed by atoms with van der Waals surface area (Å²) in [6.45, 7) is 1.83. The van der Waals surface area contributed by atoms with Crippen molar-refractivity contribution in [2.45, 2.75) is 31.8 Å². The molecule has 2 nitrogen and oxygen atoms in total. The fourth-order valence-corrected chi connectivity index (χ4v) is 1.67. The highest BCUT2D eigenvalue weighted by Crippen LogP contribution is 2.39. The predicted molar refractivity (Wildman–Crippen MR) is 55.3 cm³/mol. The van der Waals surface area contributed by atoms with Crippen molar-refractivity contribution in [1.82, 2.24) is 4.98 Å². The van der Waals surface area contributed by atoms with Crippen LogP contribution in [0.2, 0.25) is 0 Å². The Kier molecular flexibility index (Phi) is 2.66. The zero-order valence-electron chi connectivity index (χ0n) is 8.14. The third-order valence-corrected chi connectivity index (χ3v) is 3.17. The first-order valence-electron chi connectivity index (χ1n) is 4.64. The standard InChI is InChI=1S/C10H10BrF2NO/c1-6-8(11)2-3-9(14-6)15-7-4-10(12,13)5-7/h2-3,7H,4-5H2,1H3. The number of aromatic nitrogens is 1. The van der Waals surface area contributed by atoms with Gasteiger partial charge in [-0.1, -0.05) is 0 Å². The van der Waals surface area contributed by atoms with Crippen LogP contribution in [-0.4, -0.2) is 17.0 Å². The summed E-state index contributed by atoms with van der Waals surface area (Å²) < 4.78 is 31.2. The minimum Gasteiger partial charge on any atom is -0.474 e. The molecule has 0 spiro atoms. The van der Waals surface area contributed by atoms with Gasteiger partial charge in [-0.15, -0.1) is 0 Å². The number of nitrogens with zero attached hydrogens (tertiary/aromatic N) is 1. The maximum Gasteiger partial charge on any atom is 0.255 e. The molecule has 1 fully saturated rings. The topological polar surface area (TPSA) is 22.1 Å². The van der Waals surface area contributed by atoms with Crippen molar-refractivity contribution in [1.29, 1.82) is 0 Å². The summed E-state index contributed by atoms with van der Waals surface area (Å²) in [5.74, 6) is -2.13. The van der Waals surface area contributed by atoms with Gasteiger partial charge in [-0.3, -0.25) is 0 Å². The second-order valence-electron chi connectivity index (χ2n) is 3.72. The van der Waals surface area contributed by atoms with Crippen molar-refractivity contribution in [3.8, 4) is 5.88 Å². The van der Waals surface area contributed by atoms with Crippen molar-refractivity contribution in [3.05, 3.63) is 22.3 Å². The molecule has 0 atom stereocenters. The van der Waals surface area contributed by atoms with Gasteiger partial charge in [0.15, 0.2) is 0 Å². The van der Waals surface area contributed by atoms with Crippen LogP contribution in [0.4, 0.5) is 8.78 Å². The Morgan fingerprint density at radius 2 is 2.13 bits per heavy atom. The van der Waals surface area contributed by atoms with Crippen molar-refractivity contribution in [2.75, 3.05) is 0 Å². The van der Waals surface area contributed by atoms with E-state index in [1.807, 2.05) is 6.92 Å². The maximum atomic E-state index is 12.5. The van der Waals surface area contributed by atoms with Gasteiger partial charge < -0.3 is 4.74 Å². The van der Waals surface area contributed by atoms with Gasteiger partial charge in [0.05, 0.1) is 5.69 Å². The fourth-order valence-electron chi connectivity index (χ4n) is 1.45. The van der Waals surface area contributed by atoms with Crippen LogP contribution in [0.15, 0.2) is 16.6 Å². The molecule has 2 rings (SSSR count). The summed E-state index contributed by atoms with van der Waals surface area (Å²) in [6.07, 6.45) is -0.804. The minimum atomic E-state index is -2.55. The molecule has 1 heterocycles. The molecule has 1 aromatic heterocycles. The third kappa shape index (κ3) is 2.45. The van der Waals surface area contributed by atoms with E-state index in [1.165, 1.54) is 0 Å². The quantitative estimate of drug-likeness (QED) is 0.827. The average Bonchev–Trinajstić information content (AvgIpc) is 2.08. The molecule has 0 bridgehead atoms. The SMILES string of the molecule is Cc1nc(OC2CC(F)(F)C2)ccc1Br. The van der Waals surface area contributed by atoms with Crippen LogP contribution in [-0.2, 0) is 0 Å². The molecule has 5 heteroatoms. The van der Waals surface area contributed by atoms with Crippen molar-refractivity contribution < 1.29 is 13.5 Å². The average molecular weight is 278 g/mol. The lowest BCUT2D eigenvalue weighted by molar-refractivity contribution is -0.135. The van der Waals surface area contributed by atoms with E-state index >= 15 is 0 Å². The van der Waals surface area contributed by atoms with Gasteiger partial charge in [-0.25, -0.2) is 13.8 Å². The van der Waals surface area contributed by atoms with Crippen LogP contribution in [0, 0.1) is 6.92 Å². The van der Waals surface area contributed by atoms with Gasteiger partial charge in [0.2, 0.25) is 5.88 Å². The highest BCUT2D eigenvalue weighted by atomic mass is 79.9. The number of halogens is 3. The Labute approximate surface area is 94.8 Å². The van der Waals surface area contributed by atoms with Crippen LogP contribution < -0.4 is 4.74 Å². The maximum absolute atomic E-state index is 12.5. The molecule has 0 amide bonds. The molecule has 82 valence electrons. The van der Waals surface area contributed by atoms with Gasteiger partial charge in [0, 0.05) is 23.4 Å². The van der Waals surface area contributed by atoms with Crippen molar-refractivity contribution in [3.63, 3.8) is 0 Å². The number of alkyl halides is 2. The highest BCUT2D eigenvalue weighted by molar-refractivity contribution is 9.10. The Balaban J connectivity index is 1.98. The molecule has 0 unspecified atom stereocenters. The molecular formula is C10H10BrF2NO. The monoisotopic (exact) mass is 277 g/mol. The van der Waals surface area contributed by atoms with Crippen LogP contribution >= 0.6 is 15.9 Å². The molecule has 1 saturated carbocycles. The van der Waals surface area contributed by atoms with Gasteiger partial charge in [-0.2, -0.15) is 0 Å². The van der Waals surface area contributed by atoms with Gasteiger partial charge in [-0.05, 0) is 28.9 Å². The van der Waals surface area contributed by atoms with Gasteiger partial charge in [0.1, 0.15) is 6.10 Å². The van der Waals surface area contributed by atoms with E-state index in [0.717, 1.165) is 10.2 Å². The number of hydrogen-bond acceptors (Lipinski definition) is 2. The lowest BCUT2D eigenvalue weighted by Gasteiger charge is -2.34. The van der Waals surface area contributed by atoms with Crippen molar-refractivity contribution >= 4 is 15.9 Å². The smallest absolute Gasteiger partial charge is 0.255 e. The van der Waals surface area contributed by atoms with E-state index in [0.29, 0.717) is 5.88 Å². The third-order valence-electron chi connectivity index (χ3n) is 2.34. The largest absolute Gasteiger partial charge is 0.474 e. The summed E-state index contributed by atoms with van der Waals surface area (Å²) >= 11 is 3.31. The Morgan fingerprint density at radius 3 is 2.67 bits per heavy atom. The molecule has 0 N–H and O–H groups in total. The number of aryl methyl sites for hydroxylation is 1. The van der Waals surface area contributed by atoms with Crippen LogP contribution in [0.1, 0.15) is 18.5 Å².